The largest absolute Gasteiger partial charge is 0.374 e. The lowest BCUT2D eigenvalue weighted by Crippen LogP contribution is -2.28. The molecule has 0 radical (unpaired) electrons. The lowest BCUT2D eigenvalue weighted by atomic mass is 9.70. The number of rotatable bonds is 8. The predicted octanol–water partition coefficient (Wildman–Crippen LogP) is 6.69. The number of hydrogen-bond donors (Lipinski definition) is 0. The standard InChI is InChI=1S/C22H38O/c1-3-5-6-7-8-18-23-22-16-14-21(15-17-22)20-12-10-19(9-4-2)11-13-20/h5-8,19-22H,3-4,9-18H2,1-2H3. The molecule has 2 aliphatic carbocycles. The molecule has 132 valence electrons. The molecule has 2 fully saturated rings. The second-order valence-electron chi connectivity index (χ2n) is 7.70. The molecule has 0 saturated heterocycles. The first-order chi connectivity index (χ1) is 11.3. The summed E-state index contributed by atoms with van der Waals surface area (Å²) in [6.45, 7) is 5.28. The fourth-order valence-electron chi connectivity index (χ4n) is 4.62. The molecule has 1 heteroatoms. The van der Waals surface area contributed by atoms with Gasteiger partial charge in [0.15, 0.2) is 0 Å². The van der Waals surface area contributed by atoms with E-state index in [0.29, 0.717) is 6.10 Å². The molecular weight excluding hydrogens is 280 g/mol. The Labute approximate surface area is 144 Å². The van der Waals surface area contributed by atoms with Crippen LogP contribution < -0.4 is 0 Å². The molecule has 0 heterocycles. The van der Waals surface area contributed by atoms with Crippen molar-refractivity contribution < 1.29 is 4.74 Å². The first kappa shape index (κ1) is 18.8. The van der Waals surface area contributed by atoms with E-state index in [2.05, 4.69) is 38.2 Å². The molecule has 0 aliphatic heterocycles. The van der Waals surface area contributed by atoms with Crippen LogP contribution in [0.2, 0.25) is 0 Å². The van der Waals surface area contributed by atoms with Crippen LogP contribution in [-0.4, -0.2) is 12.7 Å². The van der Waals surface area contributed by atoms with E-state index in [1.54, 1.807) is 0 Å². The molecule has 2 aliphatic rings. The summed E-state index contributed by atoms with van der Waals surface area (Å²) in [7, 11) is 0. The highest BCUT2D eigenvalue weighted by Gasteiger charge is 2.30. The van der Waals surface area contributed by atoms with Crippen molar-refractivity contribution in [2.75, 3.05) is 6.61 Å². The maximum atomic E-state index is 6.03. The van der Waals surface area contributed by atoms with Crippen LogP contribution in [0.1, 0.15) is 84.5 Å². The first-order valence-corrected chi connectivity index (χ1v) is 10.3. The summed E-state index contributed by atoms with van der Waals surface area (Å²) in [5, 5.41) is 0. The SMILES string of the molecule is CCC=CC=CCOC1CCC(C2CCC(CCC)CC2)CC1. The van der Waals surface area contributed by atoms with Crippen molar-refractivity contribution in [3.63, 3.8) is 0 Å². The Morgan fingerprint density at radius 1 is 0.783 bits per heavy atom. The summed E-state index contributed by atoms with van der Waals surface area (Å²) in [6, 6.07) is 0. The molecule has 0 aromatic rings. The van der Waals surface area contributed by atoms with Crippen LogP contribution in [0.4, 0.5) is 0 Å². The number of hydrogen-bond acceptors (Lipinski definition) is 1. The average Bonchev–Trinajstić information content (AvgIpc) is 2.60. The third kappa shape index (κ3) is 6.83. The summed E-state index contributed by atoms with van der Waals surface area (Å²) < 4.78 is 6.03. The van der Waals surface area contributed by atoms with Crippen LogP contribution in [-0.2, 0) is 4.74 Å². The molecule has 2 saturated carbocycles. The van der Waals surface area contributed by atoms with E-state index in [1.165, 1.54) is 64.2 Å². The van der Waals surface area contributed by atoms with Gasteiger partial charge in [-0.2, -0.15) is 0 Å². The molecule has 0 aromatic heterocycles. The van der Waals surface area contributed by atoms with Gasteiger partial charge in [0.05, 0.1) is 12.7 Å². The molecule has 0 bridgehead atoms. The zero-order valence-corrected chi connectivity index (χ0v) is 15.5. The third-order valence-corrected chi connectivity index (χ3v) is 6.02. The van der Waals surface area contributed by atoms with Gasteiger partial charge in [-0.3, -0.25) is 0 Å². The quantitative estimate of drug-likeness (QED) is 0.453. The van der Waals surface area contributed by atoms with E-state index in [9.17, 15) is 0 Å². The first-order valence-electron chi connectivity index (χ1n) is 10.3. The molecule has 0 atom stereocenters. The highest BCUT2D eigenvalue weighted by Crippen LogP contribution is 2.41. The highest BCUT2D eigenvalue weighted by atomic mass is 16.5. The Morgan fingerprint density at radius 2 is 1.39 bits per heavy atom. The summed E-state index contributed by atoms with van der Waals surface area (Å²) >= 11 is 0. The maximum absolute atomic E-state index is 6.03. The maximum Gasteiger partial charge on any atom is 0.0654 e. The second kappa shape index (κ2) is 11.1. The molecule has 23 heavy (non-hydrogen) atoms. The van der Waals surface area contributed by atoms with Gasteiger partial charge in [0, 0.05) is 0 Å². The van der Waals surface area contributed by atoms with Gasteiger partial charge in [0.25, 0.3) is 0 Å². The molecule has 0 amide bonds. The van der Waals surface area contributed by atoms with E-state index in [1.807, 2.05) is 0 Å². The smallest absolute Gasteiger partial charge is 0.0654 e. The van der Waals surface area contributed by atoms with Gasteiger partial charge < -0.3 is 4.74 Å². The number of ether oxygens (including phenoxy) is 1. The van der Waals surface area contributed by atoms with Crippen LogP contribution >= 0.6 is 0 Å². The van der Waals surface area contributed by atoms with Crippen molar-refractivity contribution in [2.45, 2.75) is 90.6 Å². The second-order valence-corrected chi connectivity index (χ2v) is 7.70. The summed E-state index contributed by atoms with van der Waals surface area (Å²) in [4.78, 5) is 0. The van der Waals surface area contributed by atoms with Gasteiger partial charge in [-0.1, -0.05) is 63.8 Å². The molecule has 1 nitrogen and oxygen atoms in total. The van der Waals surface area contributed by atoms with Gasteiger partial charge in [-0.25, -0.2) is 0 Å². The molecule has 0 aromatic carbocycles. The minimum atomic E-state index is 0.516. The summed E-state index contributed by atoms with van der Waals surface area (Å²) in [6.07, 6.45) is 24.4. The van der Waals surface area contributed by atoms with E-state index < -0.39 is 0 Å². The topological polar surface area (TPSA) is 9.23 Å². The average molecular weight is 319 g/mol. The summed E-state index contributed by atoms with van der Waals surface area (Å²) in [5.74, 6) is 3.08. The van der Waals surface area contributed by atoms with Gasteiger partial charge in [-0.05, 0) is 62.7 Å². The van der Waals surface area contributed by atoms with Crippen molar-refractivity contribution in [3.05, 3.63) is 24.3 Å². The van der Waals surface area contributed by atoms with Gasteiger partial charge in [0.2, 0.25) is 0 Å². The van der Waals surface area contributed by atoms with Crippen LogP contribution in [0.25, 0.3) is 0 Å². The van der Waals surface area contributed by atoms with Crippen LogP contribution in [0.15, 0.2) is 24.3 Å². The molecule has 0 spiro atoms. The van der Waals surface area contributed by atoms with Crippen molar-refractivity contribution in [3.8, 4) is 0 Å². The van der Waals surface area contributed by atoms with Gasteiger partial charge in [0.1, 0.15) is 0 Å². The Hall–Kier alpha value is -0.560. The Balaban J connectivity index is 1.59. The molecular formula is C22H38O. The van der Waals surface area contributed by atoms with Crippen molar-refractivity contribution in [1.82, 2.24) is 0 Å². The fourth-order valence-corrected chi connectivity index (χ4v) is 4.62. The number of allylic oxidation sites excluding steroid dienone is 3. The lowest BCUT2D eigenvalue weighted by Gasteiger charge is -2.37. The van der Waals surface area contributed by atoms with Crippen LogP contribution in [0, 0.1) is 17.8 Å². The van der Waals surface area contributed by atoms with E-state index in [0.717, 1.165) is 30.8 Å². The predicted molar refractivity (Wildman–Crippen MR) is 101 cm³/mol. The zero-order chi connectivity index (χ0) is 16.3. The summed E-state index contributed by atoms with van der Waals surface area (Å²) in [5.41, 5.74) is 0. The third-order valence-electron chi connectivity index (χ3n) is 6.02. The van der Waals surface area contributed by atoms with Crippen LogP contribution in [0.3, 0.4) is 0 Å². The zero-order valence-electron chi connectivity index (χ0n) is 15.5. The highest BCUT2D eigenvalue weighted by molar-refractivity contribution is 5.02. The van der Waals surface area contributed by atoms with Crippen LogP contribution in [0.5, 0.6) is 0 Å². The monoisotopic (exact) mass is 318 g/mol. The Morgan fingerprint density at radius 3 is 2.00 bits per heavy atom. The minimum Gasteiger partial charge on any atom is -0.374 e. The Bertz CT molecular complexity index is 341. The van der Waals surface area contributed by atoms with Crippen molar-refractivity contribution in [2.24, 2.45) is 17.8 Å². The van der Waals surface area contributed by atoms with E-state index in [-0.39, 0.29) is 0 Å². The molecule has 0 unspecified atom stereocenters. The lowest BCUT2D eigenvalue weighted by molar-refractivity contribution is 0.0210. The fraction of sp³-hybridized carbons (Fsp3) is 0.818. The van der Waals surface area contributed by atoms with Crippen molar-refractivity contribution >= 4 is 0 Å². The normalized spacial score (nSPS) is 32.8. The minimum absolute atomic E-state index is 0.516. The molecule has 0 N–H and O–H groups in total. The van der Waals surface area contributed by atoms with Gasteiger partial charge >= 0.3 is 0 Å². The Kier molecular flexibility index (Phi) is 9.04. The van der Waals surface area contributed by atoms with E-state index >= 15 is 0 Å². The van der Waals surface area contributed by atoms with E-state index in [4.69, 9.17) is 4.74 Å². The molecule has 2 rings (SSSR count). The van der Waals surface area contributed by atoms with Crippen molar-refractivity contribution in [1.29, 1.82) is 0 Å². The van der Waals surface area contributed by atoms with Gasteiger partial charge in [-0.15, -0.1) is 0 Å².